The molecule has 1 heterocycles. The number of aromatic nitrogens is 2. The fourth-order valence-electron chi connectivity index (χ4n) is 2.97. The maximum atomic E-state index is 13.9. The lowest BCUT2D eigenvalue weighted by molar-refractivity contribution is -0.139. The van der Waals surface area contributed by atoms with Crippen molar-refractivity contribution in [3.63, 3.8) is 0 Å². The van der Waals surface area contributed by atoms with Crippen LogP contribution in [0.4, 0.5) is 27.8 Å². The van der Waals surface area contributed by atoms with Gasteiger partial charge in [-0.1, -0.05) is 12.1 Å². The second kappa shape index (κ2) is 10.8. The van der Waals surface area contributed by atoms with Gasteiger partial charge in [-0.3, -0.25) is 4.98 Å². The van der Waals surface area contributed by atoms with E-state index in [0.717, 1.165) is 24.4 Å². The molecule has 0 saturated carbocycles. The van der Waals surface area contributed by atoms with Crippen LogP contribution in [0.15, 0.2) is 30.6 Å². The first-order valence-corrected chi connectivity index (χ1v) is 10.8. The second-order valence-corrected chi connectivity index (χ2v) is 8.53. The van der Waals surface area contributed by atoms with E-state index in [1.54, 1.807) is 0 Å². The van der Waals surface area contributed by atoms with E-state index in [-0.39, 0.29) is 29.5 Å². The summed E-state index contributed by atoms with van der Waals surface area (Å²) in [6, 6.07) is 2.77. The Labute approximate surface area is 186 Å². The molecule has 1 aromatic carbocycles. The summed E-state index contributed by atoms with van der Waals surface area (Å²) in [5.74, 6) is -1.28. The Morgan fingerprint density at radius 2 is 1.82 bits per heavy atom. The third-order valence-corrected chi connectivity index (χ3v) is 6.28. The zero-order valence-electron chi connectivity index (χ0n) is 17.4. The van der Waals surface area contributed by atoms with Crippen molar-refractivity contribution in [3.8, 4) is 5.75 Å². The van der Waals surface area contributed by atoms with Gasteiger partial charge in [0, 0.05) is 19.5 Å². The Morgan fingerprint density at radius 1 is 1.15 bits per heavy atom. The van der Waals surface area contributed by atoms with E-state index < -0.39 is 57.1 Å². The predicted octanol–water partition coefficient (Wildman–Crippen LogP) is 3.17. The molecule has 0 fully saturated rings. The number of carbonyl (C=O) groups excluding carboxylic acids is 1. The van der Waals surface area contributed by atoms with E-state index >= 15 is 0 Å². The second-order valence-electron chi connectivity index (χ2n) is 6.55. The van der Waals surface area contributed by atoms with Gasteiger partial charge in [0.15, 0.2) is 11.1 Å². The van der Waals surface area contributed by atoms with Crippen molar-refractivity contribution >= 4 is 22.1 Å². The van der Waals surface area contributed by atoms with E-state index in [9.17, 15) is 35.2 Å². The zero-order chi connectivity index (χ0) is 24.8. The predicted molar refractivity (Wildman–Crippen MR) is 107 cm³/mol. The van der Waals surface area contributed by atoms with Crippen LogP contribution >= 0.6 is 0 Å². The van der Waals surface area contributed by atoms with Crippen molar-refractivity contribution in [2.24, 2.45) is 0 Å². The molecule has 2 aromatic rings. The molecule has 2 rings (SSSR count). The van der Waals surface area contributed by atoms with E-state index in [2.05, 4.69) is 9.97 Å². The Balaban J connectivity index is 2.69. The molecule has 14 heteroatoms. The zero-order valence-corrected chi connectivity index (χ0v) is 18.2. The molecule has 1 aromatic heterocycles. The summed E-state index contributed by atoms with van der Waals surface area (Å²) in [7, 11) is -3.86. The molecule has 0 saturated heterocycles. The van der Waals surface area contributed by atoms with Crippen molar-refractivity contribution in [2.75, 3.05) is 31.2 Å². The first-order chi connectivity index (χ1) is 15.4. The minimum absolute atomic E-state index is 0.0644. The lowest BCUT2D eigenvalue weighted by Crippen LogP contribution is -2.40. The number of hydrogen-bond acceptors (Lipinski definition) is 7. The van der Waals surface area contributed by atoms with E-state index in [4.69, 9.17) is 9.47 Å². The van der Waals surface area contributed by atoms with Gasteiger partial charge in [-0.15, -0.1) is 0 Å². The normalized spacial score (nSPS) is 13.1. The van der Waals surface area contributed by atoms with Gasteiger partial charge in [0.2, 0.25) is 0 Å². The molecule has 0 aliphatic carbocycles. The number of benzene rings is 1. The number of alkyl halides is 5. The molecule has 0 radical (unpaired) electrons. The van der Waals surface area contributed by atoms with Crippen LogP contribution in [0.3, 0.4) is 0 Å². The maximum absolute atomic E-state index is 13.9. The van der Waals surface area contributed by atoms with E-state index in [1.165, 1.54) is 20.2 Å². The van der Waals surface area contributed by atoms with Gasteiger partial charge in [0.05, 0.1) is 18.8 Å². The minimum atomic E-state index is -5.16. The minimum Gasteiger partial charge on any atom is -0.491 e. The van der Waals surface area contributed by atoms with Crippen molar-refractivity contribution < 1.29 is 44.6 Å². The van der Waals surface area contributed by atoms with Crippen LogP contribution in [0.25, 0.3) is 0 Å². The number of carbonyl (C=O) groups is 1. The van der Waals surface area contributed by atoms with Crippen molar-refractivity contribution in [1.82, 2.24) is 9.97 Å². The van der Waals surface area contributed by atoms with Crippen LogP contribution in [0.1, 0.15) is 22.1 Å². The van der Waals surface area contributed by atoms with Crippen LogP contribution in [-0.4, -0.2) is 58.0 Å². The Bertz CT molecular complexity index is 1070. The van der Waals surface area contributed by atoms with Crippen molar-refractivity contribution in [1.29, 1.82) is 0 Å². The first kappa shape index (κ1) is 26.4. The van der Waals surface area contributed by atoms with Gasteiger partial charge in [-0.25, -0.2) is 26.5 Å². The van der Waals surface area contributed by atoms with E-state index in [0.29, 0.717) is 0 Å². The Kier molecular flexibility index (Phi) is 8.66. The molecule has 0 spiro atoms. The number of nitrogens with zero attached hydrogens (tertiary/aromatic N) is 3. The van der Waals surface area contributed by atoms with E-state index in [1.807, 2.05) is 0 Å². The van der Waals surface area contributed by atoms with Crippen LogP contribution in [0, 0.1) is 6.92 Å². The number of rotatable bonds is 11. The maximum Gasteiger partial charge on any atom is 0.420 e. The average Bonchev–Trinajstić information content (AvgIpc) is 2.72. The fourth-order valence-corrected chi connectivity index (χ4v) is 4.64. The lowest BCUT2D eigenvalue weighted by atomic mass is 10.0. The Morgan fingerprint density at radius 3 is 2.36 bits per heavy atom. The van der Waals surface area contributed by atoms with Crippen LogP contribution in [0.2, 0.25) is 0 Å². The largest absolute Gasteiger partial charge is 0.491 e. The molecule has 1 atom stereocenters. The molecule has 8 nitrogen and oxygen atoms in total. The van der Waals surface area contributed by atoms with Crippen molar-refractivity contribution in [2.45, 2.75) is 24.8 Å². The number of sulfonamides is 1. The van der Waals surface area contributed by atoms with Crippen molar-refractivity contribution in [3.05, 3.63) is 47.4 Å². The number of anilines is 1. The highest BCUT2D eigenvalue weighted by molar-refractivity contribution is 7.93. The average molecular weight is 497 g/mol. The highest BCUT2D eigenvalue weighted by Crippen LogP contribution is 2.43. The van der Waals surface area contributed by atoms with Gasteiger partial charge in [-0.2, -0.15) is 13.2 Å². The third kappa shape index (κ3) is 6.13. The SMILES string of the molecule is COCCOc1cccc(C(C=O)S(=O)(=O)N(CC(F)F)c2nccnc2C)c1C(F)(F)F. The molecule has 33 heavy (non-hydrogen) atoms. The molecule has 0 amide bonds. The summed E-state index contributed by atoms with van der Waals surface area (Å²) in [6.45, 7) is -0.530. The standard InChI is InChI=1S/C19H20F5N3O5S/c1-12-18(26-7-6-25-12)27(10-16(20)21)33(29,30)15(11-28)13-4-3-5-14(32-9-8-31-2)17(13)19(22,23)24/h3-7,11,15-16H,8-10H2,1-2H3. The van der Waals surface area contributed by atoms with Gasteiger partial charge < -0.3 is 14.3 Å². The summed E-state index contributed by atoms with van der Waals surface area (Å²) in [4.78, 5) is 19.4. The smallest absolute Gasteiger partial charge is 0.420 e. The quantitative estimate of drug-likeness (QED) is 0.267. The molecular weight excluding hydrogens is 477 g/mol. The molecule has 0 N–H and O–H groups in total. The van der Waals surface area contributed by atoms with Crippen LogP contribution < -0.4 is 9.04 Å². The molecular formula is C19H20F5N3O5S. The number of aldehydes is 1. The third-order valence-electron chi connectivity index (χ3n) is 4.34. The lowest BCUT2D eigenvalue weighted by Gasteiger charge is -2.28. The molecule has 1 unspecified atom stereocenters. The monoisotopic (exact) mass is 497 g/mol. The number of aryl methyl sites for hydroxylation is 1. The van der Waals surface area contributed by atoms with Gasteiger partial charge in [0.25, 0.3) is 16.4 Å². The number of halogens is 5. The molecule has 0 bridgehead atoms. The highest BCUT2D eigenvalue weighted by Gasteiger charge is 2.44. The number of hydrogen-bond donors (Lipinski definition) is 0. The molecule has 0 aliphatic heterocycles. The van der Waals surface area contributed by atoms with Gasteiger partial charge in [0.1, 0.15) is 24.2 Å². The van der Waals surface area contributed by atoms with Gasteiger partial charge in [-0.05, 0) is 18.6 Å². The summed E-state index contributed by atoms with van der Waals surface area (Å²) in [5, 5.41) is -2.49. The van der Waals surface area contributed by atoms with Gasteiger partial charge >= 0.3 is 6.18 Å². The van der Waals surface area contributed by atoms with Crippen LogP contribution in [0.5, 0.6) is 5.75 Å². The molecule has 182 valence electrons. The highest BCUT2D eigenvalue weighted by atomic mass is 32.2. The van der Waals surface area contributed by atoms with Crippen LogP contribution in [-0.2, 0) is 25.7 Å². The summed E-state index contributed by atoms with van der Waals surface area (Å²) >= 11 is 0. The fraction of sp³-hybridized carbons (Fsp3) is 0.421. The topological polar surface area (TPSA) is 98.7 Å². The Hall–Kier alpha value is -2.87. The summed E-state index contributed by atoms with van der Waals surface area (Å²) in [5.41, 5.74) is -2.58. The number of methoxy groups -OCH3 is 1. The number of ether oxygens (including phenoxy) is 2. The molecule has 0 aliphatic rings. The first-order valence-electron chi connectivity index (χ1n) is 9.29. The summed E-state index contributed by atoms with van der Waals surface area (Å²) in [6.07, 6.45) is -6.42. The summed E-state index contributed by atoms with van der Waals surface area (Å²) < 4.78 is 105.